The first-order valence-electron chi connectivity index (χ1n) is 15.7. The van der Waals surface area contributed by atoms with Crippen LogP contribution in [-0.4, -0.2) is 73.4 Å². The van der Waals surface area contributed by atoms with Crippen LogP contribution in [0.5, 0.6) is 0 Å². The molecule has 2 bridgehead atoms. The molecule has 3 aliphatic rings. The SMILES string of the molecule is CC1CCC2OC(O)(C1=O)C(=O)N1CCCCC1C(=O)OC(C(I)Cc1ccccc1)/C=C/C/C=C/CC(C)C(O)C2C. The highest BCUT2D eigenvalue weighted by Crippen LogP contribution is 2.35. The van der Waals surface area contributed by atoms with Gasteiger partial charge in [0.15, 0.2) is 0 Å². The van der Waals surface area contributed by atoms with Crippen molar-refractivity contribution in [3.63, 3.8) is 0 Å². The third-order valence-corrected chi connectivity index (χ3v) is 10.3. The Kier molecular flexibility index (Phi) is 12.0. The summed E-state index contributed by atoms with van der Waals surface area (Å²) in [5.74, 6) is -6.09. The zero-order valence-corrected chi connectivity index (χ0v) is 27.6. The number of carbonyl (C=O) groups excluding carboxylic acids is 3. The van der Waals surface area contributed by atoms with Crippen molar-refractivity contribution < 1.29 is 34.1 Å². The van der Waals surface area contributed by atoms with Crippen molar-refractivity contribution in [1.82, 2.24) is 4.90 Å². The lowest BCUT2D eigenvalue weighted by Gasteiger charge is -2.40. The largest absolute Gasteiger partial charge is 0.455 e. The van der Waals surface area contributed by atoms with E-state index in [1.165, 1.54) is 4.90 Å². The fourth-order valence-corrected chi connectivity index (χ4v) is 7.23. The highest BCUT2D eigenvalue weighted by molar-refractivity contribution is 14.1. The van der Waals surface area contributed by atoms with Crippen molar-refractivity contribution in [2.75, 3.05) is 6.54 Å². The Morgan fingerprint density at radius 3 is 2.51 bits per heavy atom. The van der Waals surface area contributed by atoms with Crippen LogP contribution in [0.4, 0.5) is 0 Å². The number of halogens is 1. The molecular weight excluding hydrogens is 661 g/mol. The third-order valence-electron chi connectivity index (χ3n) is 9.18. The topological polar surface area (TPSA) is 113 Å². The predicted octanol–water partition coefficient (Wildman–Crippen LogP) is 4.94. The average Bonchev–Trinajstić information content (AvgIpc) is 3.13. The predicted molar refractivity (Wildman–Crippen MR) is 172 cm³/mol. The molecule has 236 valence electrons. The lowest BCUT2D eigenvalue weighted by molar-refractivity contribution is -0.237. The maximum atomic E-state index is 14.1. The number of nitrogens with zero attached hydrogens (tertiary/aromatic N) is 1. The number of benzene rings is 1. The number of esters is 1. The summed E-state index contributed by atoms with van der Waals surface area (Å²) in [6.45, 7) is 5.68. The minimum Gasteiger partial charge on any atom is -0.455 e. The summed E-state index contributed by atoms with van der Waals surface area (Å²) >= 11 is 2.31. The molecule has 9 heteroatoms. The Morgan fingerprint density at radius 2 is 1.77 bits per heavy atom. The number of aliphatic hydroxyl groups is 2. The van der Waals surface area contributed by atoms with Crippen molar-refractivity contribution in [2.24, 2.45) is 17.8 Å². The average molecular weight is 708 g/mol. The van der Waals surface area contributed by atoms with Gasteiger partial charge in [0.2, 0.25) is 5.78 Å². The monoisotopic (exact) mass is 707 g/mol. The quantitative estimate of drug-likeness (QED) is 0.151. The Morgan fingerprint density at radius 1 is 1.02 bits per heavy atom. The number of amides is 1. The molecule has 3 heterocycles. The standard InChI is InChI=1S/C34H46INO7/c1-22-13-7-4-5-10-17-29(26(35)21-25-14-8-6-9-15-25)42-32(39)27-16-11-12-20-36(27)33(40)34(41)31(38)23(2)18-19-28(43-34)24(3)30(22)37/h4,6-10,14-15,17,22-24,26-30,37,41H,5,11-13,16,18-21H2,1-3H3/b7-4+,17-10+. The number of alkyl halides is 1. The molecule has 0 aliphatic carbocycles. The summed E-state index contributed by atoms with van der Waals surface area (Å²) in [5, 5.41) is 23.0. The van der Waals surface area contributed by atoms with E-state index in [9.17, 15) is 24.6 Å². The summed E-state index contributed by atoms with van der Waals surface area (Å²) in [4.78, 5) is 42.7. The molecular formula is C34H46INO7. The molecule has 8 nitrogen and oxygen atoms in total. The van der Waals surface area contributed by atoms with Gasteiger partial charge in [-0.15, -0.1) is 0 Å². The minimum atomic E-state index is -2.74. The van der Waals surface area contributed by atoms with E-state index >= 15 is 0 Å². The molecule has 0 aromatic heterocycles. The van der Waals surface area contributed by atoms with Crippen LogP contribution in [-0.2, 0) is 30.3 Å². The second-order valence-electron chi connectivity index (χ2n) is 12.5. The maximum Gasteiger partial charge on any atom is 0.329 e. The zero-order valence-electron chi connectivity index (χ0n) is 25.4. The summed E-state index contributed by atoms with van der Waals surface area (Å²) < 4.78 is 12.1. The molecule has 2 N–H and O–H groups in total. The highest BCUT2D eigenvalue weighted by Gasteiger charge is 2.55. The Labute approximate surface area is 269 Å². The first-order chi connectivity index (χ1) is 20.5. The van der Waals surface area contributed by atoms with Crippen LogP contribution in [0.25, 0.3) is 0 Å². The minimum absolute atomic E-state index is 0.0725. The van der Waals surface area contributed by atoms with E-state index < -0.39 is 59.6 Å². The summed E-state index contributed by atoms with van der Waals surface area (Å²) in [5.41, 5.74) is 1.12. The zero-order chi connectivity index (χ0) is 31.1. The number of rotatable bonds is 3. The van der Waals surface area contributed by atoms with E-state index in [1.807, 2.05) is 68.5 Å². The molecule has 2 fully saturated rings. The van der Waals surface area contributed by atoms with Gasteiger partial charge in [-0.05, 0) is 68.9 Å². The molecule has 43 heavy (non-hydrogen) atoms. The smallest absolute Gasteiger partial charge is 0.329 e. The van der Waals surface area contributed by atoms with Crippen LogP contribution in [0.1, 0.15) is 71.3 Å². The molecule has 4 rings (SSSR count). The van der Waals surface area contributed by atoms with Crippen LogP contribution in [0, 0.1) is 17.8 Å². The van der Waals surface area contributed by atoms with E-state index in [-0.39, 0.29) is 16.4 Å². The first kappa shape index (κ1) is 33.8. The normalized spacial score (nSPS) is 37.2. The number of hydrogen-bond donors (Lipinski definition) is 2. The van der Waals surface area contributed by atoms with Crippen molar-refractivity contribution in [3.8, 4) is 0 Å². The maximum absolute atomic E-state index is 14.1. The van der Waals surface area contributed by atoms with Gasteiger partial charge in [-0.25, -0.2) is 4.79 Å². The molecule has 0 radical (unpaired) electrons. The summed E-state index contributed by atoms with van der Waals surface area (Å²) in [6.07, 6.45) is 10.4. The number of carbonyl (C=O) groups is 3. The lowest BCUT2D eigenvalue weighted by atomic mass is 9.85. The fourth-order valence-electron chi connectivity index (χ4n) is 6.33. The third kappa shape index (κ3) is 8.15. The van der Waals surface area contributed by atoms with Gasteiger partial charge in [-0.1, -0.05) is 91.9 Å². The van der Waals surface area contributed by atoms with E-state index in [1.54, 1.807) is 6.92 Å². The molecule has 9 atom stereocenters. The number of Topliss-reactive ketones (excluding diaryl/α,β-unsaturated/α-hetero) is 1. The first-order valence-corrected chi connectivity index (χ1v) is 16.9. The van der Waals surface area contributed by atoms with E-state index in [0.717, 1.165) is 5.56 Å². The number of hydrogen-bond acceptors (Lipinski definition) is 7. The molecule has 2 saturated heterocycles. The molecule has 3 aliphatic heterocycles. The second-order valence-corrected chi connectivity index (χ2v) is 14.1. The van der Waals surface area contributed by atoms with Gasteiger partial charge >= 0.3 is 11.8 Å². The number of cyclic esters (lactones) is 1. The summed E-state index contributed by atoms with van der Waals surface area (Å²) in [7, 11) is 0. The molecule has 0 saturated carbocycles. The number of aliphatic hydroxyl groups excluding tert-OH is 1. The summed E-state index contributed by atoms with van der Waals surface area (Å²) in [6, 6.07) is 9.05. The lowest BCUT2D eigenvalue weighted by Crippen LogP contribution is -2.62. The van der Waals surface area contributed by atoms with Crippen molar-refractivity contribution in [3.05, 3.63) is 60.2 Å². The van der Waals surface area contributed by atoms with E-state index in [4.69, 9.17) is 9.47 Å². The molecule has 0 spiro atoms. The second kappa shape index (κ2) is 15.3. The van der Waals surface area contributed by atoms with Gasteiger partial charge in [0, 0.05) is 18.4 Å². The van der Waals surface area contributed by atoms with Gasteiger partial charge in [0.25, 0.3) is 5.91 Å². The number of fused-ring (bicyclic) bond motifs is 3. The van der Waals surface area contributed by atoms with Gasteiger partial charge in [-0.2, -0.15) is 0 Å². The van der Waals surface area contributed by atoms with Crippen molar-refractivity contribution >= 4 is 40.3 Å². The molecule has 1 aromatic carbocycles. The fraction of sp³-hybridized carbons (Fsp3) is 0.618. The number of ether oxygens (including phenoxy) is 2. The van der Waals surface area contributed by atoms with Gasteiger partial charge in [0.05, 0.1) is 16.1 Å². The Balaban J connectivity index is 1.69. The van der Waals surface area contributed by atoms with Crippen LogP contribution < -0.4 is 0 Å². The van der Waals surface area contributed by atoms with Gasteiger partial charge in [-0.3, -0.25) is 9.59 Å². The Hall–Kier alpha value is -2.08. The van der Waals surface area contributed by atoms with Crippen LogP contribution >= 0.6 is 22.6 Å². The number of ketones is 1. The molecule has 1 aromatic rings. The number of allylic oxidation sites excluding steroid dienone is 3. The highest BCUT2D eigenvalue weighted by atomic mass is 127. The van der Waals surface area contributed by atoms with Crippen molar-refractivity contribution in [2.45, 2.75) is 106 Å². The molecule has 9 unspecified atom stereocenters. The molecule has 1 amide bonds. The Bertz CT molecular complexity index is 1170. The van der Waals surface area contributed by atoms with Crippen molar-refractivity contribution in [1.29, 1.82) is 0 Å². The van der Waals surface area contributed by atoms with Crippen LogP contribution in [0.3, 0.4) is 0 Å². The van der Waals surface area contributed by atoms with Gasteiger partial charge < -0.3 is 24.6 Å². The van der Waals surface area contributed by atoms with Crippen LogP contribution in [0.15, 0.2) is 54.6 Å². The van der Waals surface area contributed by atoms with E-state index in [2.05, 4.69) is 22.6 Å². The van der Waals surface area contributed by atoms with Gasteiger partial charge in [0.1, 0.15) is 12.1 Å². The van der Waals surface area contributed by atoms with E-state index in [0.29, 0.717) is 51.4 Å². The van der Waals surface area contributed by atoms with Crippen LogP contribution in [0.2, 0.25) is 0 Å². The number of piperidine rings is 1.